The molecule has 3 rings (SSSR count). The number of aryl methyl sites for hydroxylation is 1. The second-order valence-corrected chi connectivity index (χ2v) is 6.63. The van der Waals surface area contributed by atoms with E-state index in [1.165, 1.54) is 25.5 Å². The van der Waals surface area contributed by atoms with E-state index in [-0.39, 0.29) is 6.04 Å². The molecule has 0 unspecified atom stereocenters. The Morgan fingerprint density at radius 1 is 1.26 bits per heavy atom. The van der Waals surface area contributed by atoms with Crippen LogP contribution >= 0.6 is 0 Å². The van der Waals surface area contributed by atoms with Crippen LogP contribution in [0, 0.1) is 12.8 Å². The van der Waals surface area contributed by atoms with E-state index < -0.39 is 11.8 Å². The van der Waals surface area contributed by atoms with Gasteiger partial charge in [0.15, 0.2) is 0 Å². The predicted octanol–water partition coefficient (Wildman–Crippen LogP) is 2.09. The Balaban J connectivity index is 1.67. The number of pyridine rings is 1. The van der Waals surface area contributed by atoms with Gasteiger partial charge in [-0.15, -0.1) is 0 Å². The second-order valence-electron chi connectivity index (χ2n) is 6.63. The first-order chi connectivity index (χ1) is 11.1. The number of piperidine rings is 1. The van der Waals surface area contributed by atoms with E-state index in [4.69, 9.17) is 5.73 Å². The molecule has 2 heterocycles. The highest BCUT2D eigenvalue weighted by Crippen LogP contribution is 2.36. The van der Waals surface area contributed by atoms with Gasteiger partial charge in [0.05, 0.1) is 11.9 Å². The number of carbonyl (C=O) groups excluding carboxylic acids is 2. The van der Waals surface area contributed by atoms with Crippen molar-refractivity contribution in [1.82, 2.24) is 9.88 Å². The summed E-state index contributed by atoms with van der Waals surface area (Å²) in [4.78, 5) is 30.7. The first kappa shape index (κ1) is 15.8. The Morgan fingerprint density at radius 2 is 2.04 bits per heavy atom. The van der Waals surface area contributed by atoms with Crippen molar-refractivity contribution in [1.29, 1.82) is 0 Å². The number of nitrogens with one attached hydrogen (secondary N) is 1. The zero-order valence-electron chi connectivity index (χ0n) is 13.5. The number of rotatable bonds is 2. The van der Waals surface area contributed by atoms with Crippen molar-refractivity contribution < 1.29 is 9.59 Å². The normalized spacial score (nSPS) is 21.6. The number of hydrogen-bond acceptors (Lipinski definition) is 4. The molecule has 1 aliphatic carbocycles. The van der Waals surface area contributed by atoms with Crippen LogP contribution in [-0.4, -0.2) is 34.3 Å². The molecule has 0 aromatic carbocycles. The molecule has 3 N–H and O–H groups in total. The standard InChI is InChI=1S/C17H24N4O2/c1-11-9-13(10-19-15(11)18)20-16(22)17(23)21-8-3-2-7-14(21)12-5-4-6-12/h9-10,12,14H,2-8H2,1H3,(H2,18,19)(H,20,22)/t14-/m0/s1. The lowest BCUT2D eigenvalue weighted by Gasteiger charge is -2.43. The number of carbonyl (C=O) groups is 2. The smallest absolute Gasteiger partial charge is 0.313 e. The van der Waals surface area contributed by atoms with Crippen LogP contribution in [0.3, 0.4) is 0 Å². The largest absolute Gasteiger partial charge is 0.383 e. The molecule has 23 heavy (non-hydrogen) atoms. The number of anilines is 2. The van der Waals surface area contributed by atoms with Crippen LogP contribution in [0.15, 0.2) is 12.3 Å². The Hall–Kier alpha value is -2.11. The summed E-state index contributed by atoms with van der Waals surface area (Å²) in [6.45, 7) is 2.50. The van der Waals surface area contributed by atoms with E-state index >= 15 is 0 Å². The number of likely N-dealkylation sites (tertiary alicyclic amines) is 1. The molecule has 0 spiro atoms. The molecule has 0 radical (unpaired) electrons. The number of nitrogens with zero attached hydrogens (tertiary/aromatic N) is 2. The van der Waals surface area contributed by atoms with Crippen molar-refractivity contribution >= 4 is 23.3 Å². The minimum absolute atomic E-state index is 0.238. The van der Waals surface area contributed by atoms with Crippen LogP contribution in [0.5, 0.6) is 0 Å². The van der Waals surface area contributed by atoms with Crippen molar-refractivity contribution in [2.75, 3.05) is 17.6 Å². The maximum absolute atomic E-state index is 12.6. The molecule has 1 aromatic rings. The van der Waals surface area contributed by atoms with Gasteiger partial charge >= 0.3 is 11.8 Å². The van der Waals surface area contributed by atoms with Crippen LogP contribution in [0.2, 0.25) is 0 Å². The minimum atomic E-state index is -0.581. The van der Waals surface area contributed by atoms with E-state index in [1.54, 1.807) is 11.0 Å². The molecule has 2 aliphatic rings. The summed E-state index contributed by atoms with van der Waals surface area (Å²) in [5.74, 6) is 0.00108. The van der Waals surface area contributed by atoms with Gasteiger partial charge in [-0.1, -0.05) is 6.42 Å². The van der Waals surface area contributed by atoms with Crippen molar-refractivity contribution in [3.8, 4) is 0 Å². The molecular weight excluding hydrogens is 292 g/mol. The van der Waals surface area contributed by atoms with E-state index in [1.807, 2.05) is 6.92 Å². The fourth-order valence-electron chi connectivity index (χ4n) is 3.49. The first-order valence-electron chi connectivity index (χ1n) is 8.40. The lowest BCUT2D eigenvalue weighted by Crippen LogP contribution is -2.52. The quantitative estimate of drug-likeness (QED) is 0.818. The number of hydrogen-bond donors (Lipinski definition) is 2. The first-order valence-corrected chi connectivity index (χ1v) is 8.40. The summed E-state index contributed by atoms with van der Waals surface area (Å²) >= 11 is 0. The SMILES string of the molecule is Cc1cc(NC(=O)C(=O)N2CCCC[C@H]2C2CCC2)cnc1N. The van der Waals surface area contributed by atoms with Crippen LogP contribution in [-0.2, 0) is 9.59 Å². The zero-order chi connectivity index (χ0) is 16.4. The summed E-state index contributed by atoms with van der Waals surface area (Å²) in [5, 5.41) is 2.65. The van der Waals surface area contributed by atoms with Gasteiger partial charge in [0.1, 0.15) is 5.82 Å². The van der Waals surface area contributed by atoms with Gasteiger partial charge in [0.2, 0.25) is 0 Å². The topological polar surface area (TPSA) is 88.3 Å². The Labute approximate surface area is 136 Å². The third kappa shape index (κ3) is 3.30. The van der Waals surface area contributed by atoms with Crippen molar-refractivity contribution in [2.24, 2.45) is 5.92 Å². The highest BCUT2D eigenvalue weighted by atomic mass is 16.2. The Morgan fingerprint density at radius 3 is 2.70 bits per heavy atom. The summed E-state index contributed by atoms with van der Waals surface area (Å²) in [6.07, 6.45) is 8.22. The third-order valence-electron chi connectivity index (χ3n) is 5.07. The molecule has 124 valence electrons. The van der Waals surface area contributed by atoms with Crippen molar-refractivity contribution in [3.63, 3.8) is 0 Å². The third-order valence-corrected chi connectivity index (χ3v) is 5.07. The highest BCUT2D eigenvalue weighted by Gasteiger charge is 2.37. The molecular formula is C17H24N4O2. The molecule has 6 nitrogen and oxygen atoms in total. The van der Waals surface area contributed by atoms with Gasteiger partial charge in [-0.05, 0) is 56.6 Å². The molecule has 0 bridgehead atoms. The Kier molecular flexibility index (Phi) is 4.50. The fraction of sp³-hybridized carbons (Fsp3) is 0.588. The molecule has 2 amide bonds. The molecule has 1 saturated heterocycles. The van der Waals surface area contributed by atoms with E-state index in [2.05, 4.69) is 10.3 Å². The predicted molar refractivity (Wildman–Crippen MR) is 88.7 cm³/mol. The number of aromatic nitrogens is 1. The van der Waals surface area contributed by atoms with Gasteiger partial charge in [0.25, 0.3) is 0 Å². The summed E-state index contributed by atoms with van der Waals surface area (Å²) < 4.78 is 0. The second kappa shape index (κ2) is 6.56. The molecule has 2 fully saturated rings. The number of nitrogen functional groups attached to an aromatic ring is 1. The molecule has 6 heteroatoms. The van der Waals surface area contributed by atoms with Crippen LogP contribution in [0.4, 0.5) is 11.5 Å². The zero-order valence-corrected chi connectivity index (χ0v) is 13.5. The fourth-order valence-corrected chi connectivity index (χ4v) is 3.49. The van der Waals surface area contributed by atoms with Gasteiger partial charge in [-0.25, -0.2) is 4.98 Å². The summed E-state index contributed by atoms with van der Waals surface area (Å²) in [5.41, 5.74) is 6.96. The van der Waals surface area contributed by atoms with E-state index in [0.29, 0.717) is 24.0 Å². The van der Waals surface area contributed by atoms with Crippen LogP contribution < -0.4 is 11.1 Å². The maximum Gasteiger partial charge on any atom is 0.313 e. The molecule has 1 aromatic heterocycles. The van der Waals surface area contributed by atoms with Crippen molar-refractivity contribution in [2.45, 2.75) is 51.5 Å². The van der Waals surface area contributed by atoms with Gasteiger partial charge in [0, 0.05) is 12.6 Å². The van der Waals surface area contributed by atoms with Crippen molar-refractivity contribution in [3.05, 3.63) is 17.8 Å². The van der Waals surface area contributed by atoms with Gasteiger partial charge < -0.3 is 16.0 Å². The van der Waals surface area contributed by atoms with E-state index in [0.717, 1.165) is 24.8 Å². The molecule has 1 saturated carbocycles. The van der Waals surface area contributed by atoms with Gasteiger partial charge in [-0.3, -0.25) is 9.59 Å². The minimum Gasteiger partial charge on any atom is -0.383 e. The number of amides is 2. The highest BCUT2D eigenvalue weighted by molar-refractivity contribution is 6.39. The van der Waals surface area contributed by atoms with Gasteiger partial charge in [-0.2, -0.15) is 0 Å². The average molecular weight is 316 g/mol. The summed E-state index contributed by atoms with van der Waals surface area (Å²) in [6, 6.07) is 1.97. The van der Waals surface area contributed by atoms with E-state index in [9.17, 15) is 9.59 Å². The monoisotopic (exact) mass is 316 g/mol. The number of nitrogens with two attached hydrogens (primary N) is 1. The Bertz CT molecular complexity index is 613. The maximum atomic E-state index is 12.6. The lowest BCUT2D eigenvalue weighted by atomic mass is 9.76. The average Bonchev–Trinajstić information content (AvgIpc) is 2.49. The van der Waals surface area contributed by atoms with Crippen LogP contribution in [0.25, 0.3) is 0 Å². The van der Waals surface area contributed by atoms with Crippen LogP contribution in [0.1, 0.15) is 44.1 Å². The molecule has 1 atom stereocenters. The molecule has 1 aliphatic heterocycles. The summed E-state index contributed by atoms with van der Waals surface area (Å²) in [7, 11) is 0. The lowest BCUT2D eigenvalue weighted by molar-refractivity contribution is -0.147.